The highest BCUT2D eigenvalue weighted by Gasteiger charge is 2.33. The maximum atomic E-state index is 12.4. The summed E-state index contributed by atoms with van der Waals surface area (Å²) in [6.07, 6.45) is -1.97. The van der Waals surface area contributed by atoms with E-state index < -0.39 is 17.8 Å². The van der Waals surface area contributed by atoms with Crippen LogP contribution in [-0.4, -0.2) is 22.7 Å². The van der Waals surface area contributed by atoms with Gasteiger partial charge in [0, 0.05) is 12.5 Å². The topological polar surface area (TPSA) is 59.4 Å². The van der Waals surface area contributed by atoms with Crippen LogP contribution in [0.5, 0.6) is 5.88 Å². The van der Waals surface area contributed by atoms with Crippen LogP contribution in [0.2, 0.25) is 0 Å². The number of pyridine rings is 1. The molecular formula is C11H9F3INO3. The van der Waals surface area contributed by atoms with Crippen molar-refractivity contribution >= 4 is 28.6 Å². The molecule has 0 aliphatic heterocycles. The van der Waals surface area contributed by atoms with Crippen molar-refractivity contribution in [2.24, 2.45) is 0 Å². The van der Waals surface area contributed by atoms with Gasteiger partial charge in [0.1, 0.15) is 5.69 Å². The monoisotopic (exact) mass is 387 g/mol. The third-order valence-electron chi connectivity index (χ3n) is 1.89. The molecule has 0 spiro atoms. The number of aromatic nitrogens is 1. The minimum atomic E-state index is -4.52. The molecule has 19 heavy (non-hydrogen) atoms. The minimum absolute atomic E-state index is 0.0497. The average molecular weight is 387 g/mol. The van der Waals surface area contributed by atoms with Gasteiger partial charge in [0.15, 0.2) is 0 Å². The molecule has 4 nitrogen and oxygen atoms in total. The third kappa shape index (κ3) is 5.45. The van der Waals surface area contributed by atoms with E-state index in [0.717, 1.165) is 12.1 Å². The van der Waals surface area contributed by atoms with Crippen molar-refractivity contribution in [2.75, 3.05) is 6.61 Å². The Hall–Kier alpha value is -1.32. The number of aliphatic carboxylic acids is 1. The van der Waals surface area contributed by atoms with Gasteiger partial charge < -0.3 is 9.84 Å². The predicted octanol–water partition coefficient (Wildman–Crippen LogP) is 3.11. The molecule has 0 amide bonds. The number of carbonyl (C=O) groups is 1. The number of alkyl halides is 3. The summed E-state index contributed by atoms with van der Waals surface area (Å²) in [7, 11) is 0. The fourth-order valence-corrected chi connectivity index (χ4v) is 1.55. The molecule has 0 atom stereocenters. The molecule has 1 N–H and O–H groups in total. The highest BCUT2D eigenvalue weighted by atomic mass is 127. The summed E-state index contributed by atoms with van der Waals surface area (Å²) < 4.78 is 42.8. The van der Waals surface area contributed by atoms with E-state index in [1.165, 1.54) is 12.1 Å². The van der Waals surface area contributed by atoms with Gasteiger partial charge in [-0.1, -0.05) is 6.08 Å². The molecule has 8 heteroatoms. The first kappa shape index (κ1) is 15.7. The lowest BCUT2D eigenvalue weighted by molar-refractivity contribution is -0.141. The summed E-state index contributed by atoms with van der Waals surface area (Å²) in [5, 5.41) is 8.33. The van der Waals surface area contributed by atoms with Crippen molar-refractivity contribution in [3.63, 3.8) is 0 Å². The summed E-state index contributed by atoms with van der Waals surface area (Å²) in [4.78, 5) is 13.6. The van der Waals surface area contributed by atoms with Gasteiger partial charge in [-0.25, -0.2) is 9.78 Å². The number of hydrogen-bond donors (Lipinski definition) is 1. The fourth-order valence-electron chi connectivity index (χ4n) is 1.09. The second kappa shape index (κ2) is 6.73. The molecule has 0 radical (unpaired) electrons. The van der Waals surface area contributed by atoms with Gasteiger partial charge in [0.2, 0.25) is 5.88 Å². The van der Waals surface area contributed by atoms with Crippen molar-refractivity contribution in [3.8, 4) is 5.88 Å². The Morgan fingerprint density at radius 2 is 2.16 bits per heavy atom. The van der Waals surface area contributed by atoms with Gasteiger partial charge >= 0.3 is 12.1 Å². The minimum Gasteiger partial charge on any atom is -0.478 e. The van der Waals surface area contributed by atoms with E-state index in [1.54, 1.807) is 0 Å². The molecule has 1 heterocycles. The Labute approximate surface area is 120 Å². The molecule has 0 aromatic carbocycles. The molecule has 0 fully saturated rings. The van der Waals surface area contributed by atoms with Gasteiger partial charge in [-0.2, -0.15) is 13.2 Å². The first-order valence-electron chi connectivity index (χ1n) is 5.06. The molecule has 0 saturated heterocycles. The number of nitrogens with zero attached hydrogens (tertiary/aromatic N) is 1. The Morgan fingerprint density at radius 1 is 1.47 bits per heavy atom. The number of halogens is 4. The predicted molar refractivity (Wildman–Crippen MR) is 68.8 cm³/mol. The molecule has 1 rings (SSSR count). The smallest absolute Gasteiger partial charge is 0.433 e. The van der Waals surface area contributed by atoms with Gasteiger partial charge in [0.25, 0.3) is 0 Å². The van der Waals surface area contributed by atoms with Crippen LogP contribution in [0.4, 0.5) is 13.2 Å². The van der Waals surface area contributed by atoms with Gasteiger partial charge in [-0.3, -0.25) is 0 Å². The van der Waals surface area contributed by atoms with Crippen LogP contribution in [0.25, 0.3) is 0 Å². The van der Waals surface area contributed by atoms with Crippen molar-refractivity contribution in [3.05, 3.63) is 33.5 Å². The molecule has 1 aromatic rings. The normalized spacial score (nSPS) is 11.8. The van der Waals surface area contributed by atoms with Crippen LogP contribution < -0.4 is 4.74 Å². The van der Waals surface area contributed by atoms with E-state index in [4.69, 9.17) is 9.84 Å². The van der Waals surface area contributed by atoms with E-state index in [2.05, 4.69) is 4.98 Å². The Balaban J connectivity index is 2.65. The van der Waals surface area contributed by atoms with Crippen LogP contribution >= 0.6 is 22.6 Å². The third-order valence-corrected chi connectivity index (χ3v) is 2.71. The quantitative estimate of drug-likeness (QED) is 0.479. The number of rotatable bonds is 5. The maximum Gasteiger partial charge on any atom is 0.433 e. The number of carboxylic acids is 1. The summed E-state index contributed by atoms with van der Waals surface area (Å²) in [5.74, 6) is -1.20. The Bertz CT molecular complexity index is 489. The molecule has 0 aliphatic carbocycles. The van der Waals surface area contributed by atoms with Gasteiger partial charge in [-0.15, -0.1) is 0 Å². The van der Waals surface area contributed by atoms with Crippen molar-refractivity contribution in [1.29, 1.82) is 0 Å². The largest absolute Gasteiger partial charge is 0.478 e. The van der Waals surface area contributed by atoms with E-state index >= 15 is 0 Å². The van der Waals surface area contributed by atoms with Crippen LogP contribution in [0.3, 0.4) is 0 Å². The lowest BCUT2D eigenvalue weighted by Crippen LogP contribution is -2.10. The molecule has 0 unspecified atom stereocenters. The standard InChI is InChI=1S/C11H9F3INO3/c12-11(13,14)8-5-4-7(15)10(16-8)19-6-2-1-3-9(17)18/h1,3-5H,2,6H2,(H,17,18). The molecule has 0 saturated carbocycles. The maximum absolute atomic E-state index is 12.4. The van der Waals surface area contributed by atoms with Crippen molar-refractivity contribution in [2.45, 2.75) is 12.6 Å². The zero-order valence-electron chi connectivity index (χ0n) is 9.45. The highest BCUT2D eigenvalue weighted by molar-refractivity contribution is 14.1. The van der Waals surface area contributed by atoms with E-state index in [-0.39, 0.29) is 18.9 Å². The first-order chi connectivity index (χ1) is 8.80. The van der Waals surface area contributed by atoms with E-state index in [0.29, 0.717) is 3.57 Å². The van der Waals surface area contributed by atoms with Crippen LogP contribution in [-0.2, 0) is 11.0 Å². The summed E-state index contributed by atoms with van der Waals surface area (Å²) in [6.45, 7) is 0.0497. The van der Waals surface area contributed by atoms with Crippen LogP contribution in [0.15, 0.2) is 24.3 Å². The molecule has 104 valence electrons. The molecule has 0 bridgehead atoms. The lowest BCUT2D eigenvalue weighted by atomic mass is 10.3. The molecular weight excluding hydrogens is 378 g/mol. The SMILES string of the molecule is O=C(O)C=CCCOc1nc(C(F)(F)F)ccc1I. The first-order valence-corrected chi connectivity index (χ1v) is 6.14. The zero-order valence-corrected chi connectivity index (χ0v) is 11.6. The van der Waals surface area contributed by atoms with Crippen molar-refractivity contribution in [1.82, 2.24) is 4.98 Å². The van der Waals surface area contributed by atoms with Gasteiger partial charge in [0.05, 0.1) is 10.2 Å². The molecule has 0 aliphatic rings. The van der Waals surface area contributed by atoms with Crippen molar-refractivity contribution < 1.29 is 27.8 Å². The number of carboxylic acid groups (broad SMARTS) is 1. The van der Waals surface area contributed by atoms with Crippen LogP contribution in [0.1, 0.15) is 12.1 Å². The summed E-state index contributed by atoms with van der Waals surface area (Å²) in [5.41, 5.74) is -1.02. The number of ether oxygens (including phenoxy) is 1. The van der Waals surface area contributed by atoms with Crippen LogP contribution in [0, 0.1) is 3.57 Å². The number of hydrogen-bond acceptors (Lipinski definition) is 3. The average Bonchev–Trinajstić information content (AvgIpc) is 2.29. The molecule has 1 aromatic heterocycles. The summed E-state index contributed by atoms with van der Waals surface area (Å²) >= 11 is 1.81. The highest BCUT2D eigenvalue weighted by Crippen LogP contribution is 2.30. The van der Waals surface area contributed by atoms with E-state index in [1.807, 2.05) is 22.6 Å². The fraction of sp³-hybridized carbons (Fsp3) is 0.273. The second-order valence-electron chi connectivity index (χ2n) is 3.36. The van der Waals surface area contributed by atoms with Gasteiger partial charge in [-0.05, 0) is 34.7 Å². The summed E-state index contributed by atoms with van der Waals surface area (Å²) in [6, 6.07) is 2.14. The Morgan fingerprint density at radius 3 is 2.74 bits per heavy atom. The zero-order chi connectivity index (χ0) is 14.5. The lowest BCUT2D eigenvalue weighted by Gasteiger charge is -2.10. The van der Waals surface area contributed by atoms with E-state index in [9.17, 15) is 18.0 Å². The Kier molecular flexibility index (Phi) is 5.58. The second-order valence-corrected chi connectivity index (χ2v) is 4.52.